The average molecular weight is 471 g/mol. The van der Waals surface area contributed by atoms with Crippen LogP contribution in [-0.2, 0) is 0 Å². The molecule has 176 valence electrons. The Bertz CT molecular complexity index is 1600. The molecule has 0 radical (unpaired) electrons. The smallest absolute Gasteiger partial charge is 0.132 e. The first-order valence-electron chi connectivity index (χ1n) is 12.2. The summed E-state index contributed by atoms with van der Waals surface area (Å²) in [6, 6.07) is 32.0. The summed E-state index contributed by atoms with van der Waals surface area (Å²) in [5.41, 5.74) is 7.47. The van der Waals surface area contributed by atoms with Crippen LogP contribution in [0, 0.1) is 31.5 Å². The number of rotatable bonds is 4. The molecule has 5 aromatic rings. The second-order valence-electron chi connectivity index (χ2n) is 9.00. The lowest BCUT2D eigenvalue weighted by Gasteiger charge is -2.09. The summed E-state index contributed by atoms with van der Waals surface area (Å²) in [5, 5.41) is 2.20. The van der Waals surface area contributed by atoms with Gasteiger partial charge in [-0.15, -0.1) is 0 Å². The van der Waals surface area contributed by atoms with Crippen LogP contribution in [0.5, 0.6) is 5.75 Å². The van der Waals surface area contributed by atoms with Gasteiger partial charge in [0.2, 0.25) is 0 Å². The zero-order valence-electron chi connectivity index (χ0n) is 20.7. The molecular weight excluding hydrogens is 443 g/mol. The van der Waals surface area contributed by atoms with Gasteiger partial charge in [-0.3, -0.25) is 0 Å². The minimum Gasteiger partial charge on any atom is -0.494 e. The first-order valence-corrected chi connectivity index (χ1v) is 12.2. The van der Waals surface area contributed by atoms with Gasteiger partial charge in [0.1, 0.15) is 11.6 Å². The first kappa shape index (κ1) is 23.4. The van der Waals surface area contributed by atoms with Gasteiger partial charge in [0.05, 0.1) is 6.61 Å². The molecule has 1 nitrogen and oxygen atoms in total. The second kappa shape index (κ2) is 10.1. The van der Waals surface area contributed by atoms with E-state index in [0.717, 1.165) is 44.3 Å². The van der Waals surface area contributed by atoms with Crippen molar-refractivity contribution in [2.45, 2.75) is 20.8 Å². The van der Waals surface area contributed by atoms with Crippen LogP contribution in [0.1, 0.15) is 29.2 Å². The van der Waals surface area contributed by atoms with Gasteiger partial charge in [0.25, 0.3) is 0 Å². The van der Waals surface area contributed by atoms with E-state index >= 15 is 4.39 Å². The standard InChI is InChI=1S/C34H27FO/c1-4-36-32-18-17-30-20-25(8-12-31(30)21-32)7-11-29-22-34(35)33(19-24(29)3)28-15-13-27(14-16-28)26-9-5-23(2)6-10-26/h5-6,8-10,12-22H,4H2,1-3H3. The van der Waals surface area contributed by atoms with Crippen LogP contribution in [0.4, 0.5) is 4.39 Å². The van der Waals surface area contributed by atoms with Crippen molar-refractivity contribution in [3.8, 4) is 39.8 Å². The summed E-state index contributed by atoms with van der Waals surface area (Å²) in [4.78, 5) is 0. The summed E-state index contributed by atoms with van der Waals surface area (Å²) in [6.45, 7) is 6.67. The van der Waals surface area contributed by atoms with Crippen molar-refractivity contribution in [1.82, 2.24) is 0 Å². The lowest BCUT2D eigenvalue weighted by Crippen LogP contribution is -1.91. The van der Waals surface area contributed by atoms with Crippen molar-refractivity contribution in [3.05, 3.63) is 125 Å². The molecular formula is C34H27FO. The highest BCUT2D eigenvalue weighted by molar-refractivity contribution is 5.85. The molecule has 36 heavy (non-hydrogen) atoms. The van der Waals surface area contributed by atoms with Crippen LogP contribution >= 0.6 is 0 Å². The van der Waals surface area contributed by atoms with Crippen LogP contribution in [0.2, 0.25) is 0 Å². The van der Waals surface area contributed by atoms with E-state index in [4.69, 9.17) is 4.74 Å². The number of ether oxygens (including phenoxy) is 1. The molecule has 0 N–H and O–H groups in total. The Balaban J connectivity index is 1.39. The monoisotopic (exact) mass is 470 g/mol. The van der Waals surface area contributed by atoms with Gasteiger partial charge < -0.3 is 4.74 Å². The quantitative estimate of drug-likeness (QED) is 0.239. The molecule has 2 heteroatoms. The maximum atomic E-state index is 15.1. The third-order valence-corrected chi connectivity index (χ3v) is 6.36. The summed E-state index contributed by atoms with van der Waals surface area (Å²) in [7, 11) is 0. The Kier molecular flexibility index (Phi) is 6.56. The lowest BCUT2D eigenvalue weighted by atomic mass is 9.96. The Morgan fingerprint density at radius 3 is 2.03 bits per heavy atom. The summed E-state index contributed by atoms with van der Waals surface area (Å²) in [6.07, 6.45) is 0. The van der Waals surface area contributed by atoms with Crippen LogP contribution in [0.15, 0.2) is 97.1 Å². The van der Waals surface area contributed by atoms with E-state index in [9.17, 15) is 0 Å². The highest BCUT2D eigenvalue weighted by atomic mass is 19.1. The molecule has 0 saturated carbocycles. The molecule has 0 fully saturated rings. The van der Waals surface area contributed by atoms with Crippen molar-refractivity contribution in [2.75, 3.05) is 6.61 Å². The molecule has 5 rings (SSSR count). The zero-order chi connectivity index (χ0) is 25.1. The lowest BCUT2D eigenvalue weighted by molar-refractivity contribution is 0.341. The molecule has 0 saturated heterocycles. The normalized spacial score (nSPS) is 10.7. The van der Waals surface area contributed by atoms with Crippen LogP contribution < -0.4 is 4.74 Å². The Hall–Kier alpha value is -4.35. The van der Waals surface area contributed by atoms with Crippen LogP contribution in [0.3, 0.4) is 0 Å². The van der Waals surface area contributed by atoms with Gasteiger partial charge >= 0.3 is 0 Å². The maximum absolute atomic E-state index is 15.1. The minimum atomic E-state index is -0.269. The van der Waals surface area contributed by atoms with Crippen molar-refractivity contribution in [2.24, 2.45) is 0 Å². The van der Waals surface area contributed by atoms with Crippen molar-refractivity contribution < 1.29 is 9.13 Å². The summed E-state index contributed by atoms with van der Waals surface area (Å²) in [5.74, 6) is 6.96. The van der Waals surface area contributed by atoms with Crippen LogP contribution in [-0.4, -0.2) is 6.61 Å². The molecule has 0 atom stereocenters. The molecule has 0 amide bonds. The maximum Gasteiger partial charge on any atom is 0.132 e. The SMILES string of the molecule is CCOc1ccc2cc(C#Cc3cc(F)c(-c4ccc(-c5ccc(C)cc5)cc4)cc3C)ccc2c1. The van der Waals surface area contributed by atoms with E-state index in [-0.39, 0.29) is 5.82 Å². The molecule has 0 spiro atoms. The number of aryl methyl sites for hydroxylation is 2. The van der Waals surface area contributed by atoms with E-state index in [1.807, 2.05) is 80.6 Å². The summed E-state index contributed by atoms with van der Waals surface area (Å²) < 4.78 is 20.7. The summed E-state index contributed by atoms with van der Waals surface area (Å²) >= 11 is 0. The van der Waals surface area contributed by atoms with E-state index < -0.39 is 0 Å². The third-order valence-electron chi connectivity index (χ3n) is 6.36. The van der Waals surface area contributed by atoms with Crippen molar-refractivity contribution >= 4 is 10.8 Å². The highest BCUT2D eigenvalue weighted by Crippen LogP contribution is 2.29. The molecule has 5 aromatic carbocycles. The largest absolute Gasteiger partial charge is 0.494 e. The minimum absolute atomic E-state index is 0.269. The predicted molar refractivity (Wildman–Crippen MR) is 148 cm³/mol. The fraction of sp³-hybridized carbons (Fsp3) is 0.118. The zero-order valence-corrected chi connectivity index (χ0v) is 20.7. The number of hydrogen-bond acceptors (Lipinski definition) is 1. The molecule has 0 aliphatic rings. The highest BCUT2D eigenvalue weighted by Gasteiger charge is 2.09. The van der Waals surface area contributed by atoms with E-state index in [1.165, 1.54) is 5.56 Å². The van der Waals surface area contributed by atoms with Gasteiger partial charge in [0.15, 0.2) is 0 Å². The second-order valence-corrected chi connectivity index (χ2v) is 9.00. The number of benzene rings is 5. The molecule has 0 heterocycles. The van der Waals surface area contributed by atoms with E-state index in [1.54, 1.807) is 6.07 Å². The average Bonchev–Trinajstić information content (AvgIpc) is 2.90. The topological polar surface area (TPSA) is 9.23 Å². The molecule has 0 unspecified atom stereocenters. The van der Waals surface area contributed by atoms with Gasteiger partial charge in [-0.1, -0.05) is 78.1 Å². The van der Waals surface area contributed by atoms with Crippen molar-refractivity contribution in [3.63, 3.8) is 0 Å². The van der Waals surface area contributed by atoms with Crippen molar-refractivity contribution in [1.29, 1.82) is 0 Å². The Labute approximate surface area is 212 Å². The number of hydrogen-bond donors (Lipinski definition) is 0. The fourth-order valence-electron chi connectivity index (χ4n) is 4.32. The number of fused-ring (bicyclic) bond motifs is 1. The van der Waals surface area contributed by atoms with Gasteiger partial charge in [-0.2, -0.15) is 0 Å². The number of halogens is 1. The van der Waals surface area contributed by atoms with Gasteiger partial charge in [-0.25, -0.2) is 4.39 Å². The molecule has 0 aromatic heterocycles. The molecule has 0 aliphatic carbocycles. The van der Waals surface area contributed by atoms with Crippen LogP contribution in [0.25, 0.3) is 33.0 Å². The fourth-order valence-corrected chi connectivity index (χ4v) is 4.32. The first-order chi connectivity index (χ1) is 17.5. The Morgan fingerprint density at radius 2 is 1.31 bits per heavy atom. The van der Waals surface area contributed by atoms with E-state index in [0.29, 0.717) is 17.7 Å². The third kappa shape index (κ3) is 5.02. The van der Waals surface area contributed by atoms with Gasteiger partial charge in [0, 0.05) is 16.7 Å². The Morgan fingerprint density at radius 1 is 0.667 bits per heavy atom. The van der Waals surface area contributed by atoms with Gasteiger partial charge in [-0.05, 0) is 90.2 Å². The van der Waals surface area contributed by atoms with E-state index in [2.05, 4.69) is 43.0 Å². The predicted octanol–water partition coefficient (Wildman–Crippen LogP) is 8.73. The molecule has 0 aliphatic heterocycles. The molecule has 0 bridgehead atoms.